The Balaban J connectivity index is 2.52. The third-order valence-electron chi connectivity index (χ3n) is 2.32. The Hall–Kier alpha value is -1.26. The third-order valence-corrected chi connectivity index (χ3v) is 3.66. The molecule has 17 heavy (non-hydrogen) atoms. The molecule has 0 radical (unpaired) electrons. The molecule has 5 heteroatoms. The van der Waals surface area contributed by atoms with Gasteiger partial charge in [-0.15, -0.1) is 11.3 Å². The van der Waals surface area contributed by atoms with Crippen LogP contribution < -0.4 is 0 Å². The molecule has 0 saturated carbocycles. The van der Waals surface area contributed by atoms with E-state index in [0.29, 0.717) is 6.07 Å². The molecule has 1 aromatic carbocycles. The Bertz CT molecular complexity index is 592. The van der Waals surface area contributed by atoms with Gasteiger partial charge >= 0.3 is 0 Å². The summed E-state index contributed by atoms with van der Waals surface area (Å²) < 4.78 is 26.6. The Kier molecular flexibility index (Phi) is 3.26. The van der Waals surface area contributed by atoms with Crippen molar-refractivity contribution in [1.82, 2.24) is 0 Å². The van der Waals surface area contributed by atoms with Gasteiger partial charge in [-0.3, -0.25) is 4.79 Å². The van der Waals surface area contributed by atoms with Crippen molar-refractivity contribution in [2.75, 3.05) is 0 Å². The molecule has 1 aromatic heterocycles. The fourth-order valence-corrected chi connectivity index (χ4v) is 2.50. The summed E-state index contributed by atoms with van der Waals surface area (Å²) >= 11 is 6.93. The topological polar surface area (TPSA) is 17.1 Å². The summed E-state index contributed by atoms with van der Waals surface area (Å²) in [6.45, 7) is 1.47. The van der Waals surface area contributed by atoms with Gasteiger partial charge in [0, 0.05) is 6.07 Å². The lowest BCUT2D eigenvalue weighted by Gasteiger charge is -2.04. The molecule has 1 nitrogen and oxygen atoms in total. The van der Waals surface area contributed by atoms with Crippen molar-refractivity contribution >= 4 is 28.7 Å². The van der Waals surface area contributed by atoms with Gasteiger partial charge in [0.25, 0.3) is 0 Å². The monoisotopic (exact) mass is 272 g/mol. The number of aryl methyl sites for hydroxylation is 1. The van der Waals surface area contributed by atoms with Crippen molar-refractivity contribution in [3.8, 4) is 0 Å². The Morgan fingerprint density at radius 1 is 1.29 bits per heavy atom. The predicted molar refractivity (Wildman–Crippen MR) is 63.9 cm³/mol. The maximum atomic E-state index is 13.5. The predicted octanol–water partition coefficient (Wildman–Crippen LogP) is 4.22. The summed E-state index contributed by atoms with van der Waals surface area (Å²) in [5, 5.41) is 1.92. The third kappa shape index (κ3) is 2.23. The lowest BCUT2D eigenvalue weighted by molar-refractivity contribution is 0.103. The highest BCUT2D eigenvalue weighted by Crippen LogP contribution is 2.26. The van der Waals surface area contributed by atoms with Gasteiger partial charge < -0.3 is 0 Å². The van der Waals surface area contributed by atoms with E-state index < -0.39 is 17.4 Å². The molecule has 0 spiro atoms. The molecule has 1 heterocycles. The van der Waals surface area contributed by atoms with Gasteiger partial charge in [0.15, 0.2) is 0 Å². The zero-order valence-corrected chi connectivity index (χ0v) is 10.3. The fraction of sp³-hybridized carbons (Fsp3) is 0.0833. The lowest BCUT2D eigenvalue weighted by atomic mass is 10.1. The first-order valence-electron chi connectivity index (χ1n) is 4.74. The fourth-order valence-electron chi connectivity index (χ4n) is 1.41. The van der Waals surface area contributed by atoms with E-state index in [1.54, 1.807) is 11.4 Å². The number of carbonyl (C=O) groups excluding carboxylic acids is 1. The second-order valence-corrected chi connectivity index (χ2v) is 4.83. The average molecular weight is 273 g/mol. The average Bonchev–Trinajstić information content (AvgIpc) is 2.69. The maximum Gasteiger partial charge on any atom is 0.207 e. The normalized spacial score (nSPS) is 10.6. The maximum absolute atomic E-state index is 13.5. The van der Waals surface area contributed by atoms with E-state index in [4.69, 9.17) is 11.6 Å². The SMILES string of the molecule is Cc1cc(C(=O)c2sccc2Cl)c(F)cc1F. The van der Waals surface area contributed by atoms with Crippen LogP contribution in [0.1, 0.15) is 20.8 Å². The summed E-state index contributed by atoms with van der Waals surface area (Å²) in [5.41, 5.74) is 0.0654. The second kappa shape index (κ2) is 4.55. The Labute approximate surface area is 106 Å². The highest BCUT2D eigenvalue weighted by molar-refractivity contribution is 7.13. The largest absolute Gasteiger partial charge is 0.288 e. The van der Waals surface area contributed by atoms with Gasteiger partial charge in [0.2, 0.25) is 5.78 Å². The highest BCUT2D eigenvalue weighted by Gasteiger charge is 2.19. The molecule has 2 rings (SSSR count). The first kappa shape index (κ1) is 12.2. The number of thiophene rings is 1. The Morgan fingerprint density at radius 3 is 2.59 bits per heavy atom. The van der Waals surface area contributed by atoms with Crippen LogP contribution in [0.4, 0.5) is 8.78 Å². The number of carbonyl (C=O) groups is 1. The molecule has 0 bridgehead atoms. The Morgan fingerprint density at radius 2 is 2.00 bits per heavy atom. The number of hydrogen-bond donors (Lipinski definition) is 0. The molecule has 0 aliphatic rings. The van der Waals surface area contributed by atoms with Crippen LogP contribution in [-0.2, 0) is 0 Å². The molecule has 2 aromatic rings. The highest BCUT2D eigenvalue weighted by atomic mass is 35.5. The number of benzene rings is 1. The molecular formula is C12H7ClF2OS. The van der Waals surface area contributed by atoms with Crippen LogP contribution in [0.15, 0.2) is 23.6 Å². The van der Waals surface area contributed by atoms with E-state index >= 15 is 0 Å². The summed E-state index contributed by atoms with van der Waals surface area (Å²) in [6, 6.07) is 3.47. The molecule has 0 aliphatic heterocycles. The van der Waals surface area contributed by atoms with Crippen molar-refractivity contribution in [2.45, 2.75) is 6.92 Å². The minimum Gasteiger partial charge on any atom is -0.288 e. The minimum atomic E-state index is -0.873. The van der Waals surface area contributed by atoms with E-state index in [1.807, 2.05) is 0 Å². The van der Waals surface area contributed by atoms with Crippen LogP contribution in [0.25, 0.3) is 0 Å². The summed E-state index contributed by atoms with van der Waals surface area (Å²) in [7, 11) is 0. The molecule has 0 saturated heterocycles. The van der Waals surface area contributed by atoms with Crippen molar-refractivity contribution < 1.29 is 13.6 Å². The summed E-state index contributed by atoms with van der Waals surface area (Å²) in [5.74, 6) is -2.07. The van der Waals surface area contributed by atoms with Gasteiger partial charge in [-0.25, -0.2) is 8.78 Å². The molecule has 0 N–H and O–H groups in total. The van der Waals surface area contributed by atoms with Crippen LogP contribution in [0.2, 0.25) is 5.02 Å². The molecule has 0 unspecified atom stereocenters. The van der Waals surface area contributed by atoms with Crippen LogP contribution in [0.5, 0.6) is 0 Å². The summed E-state index contributed by atoms with van der Waals surface area (Å²) in [4.78, 5) is 12.2. The van der Waals surface area contributed by atoms with E-state index in [2.05, 4.69) is 0 Å². The van der Waals surface area contributed by atoms with Crippen LogP contribution >= 0.6 is 22.9 Å². The number of ketones is 1. The summed E-state index contributed by atoms with van der Waals surface area (Å²) in [6.07, 6.45) is 0. The molecular weight excluding hydrogens is 266 g/mol. The molecule has 0 fully saturated rings. The number of hydrogen-bond acceptors (Lipinski definition) is 2. The number of halogens is 3. The first-order valence-corrected chi connectivity index (χ1v) is 6.00. The lowest BCUT2D eigenvalue weighted by Crippen LogP contribution is -2.04. The van der Waals surface area contributed by atoms with Crippen molar-refractivity contribution in [1.29, 1.82) is 0 Å². The van der Waals surface area contributed by atoms with E-state index in [-0.39, 0.29) is 21.0 Å². The van der Waals surface area contributed by atoms with Gasteiger partial charge in [-0.2, -0.15) is 0 Å². The van der Waals surface area contributed by atoms with Crippen molar-refractivity contribution in [2.24, 2.45) is 0 Å². The van der Waals surface area contributed by atoms with Gasteiger partial charge in [0.05, 0.1) is 15.5 Å². The second-order valence-electron chi connectivity index (χ2n) is 3.51. The van der Waals surface area contributed by atoms with Crippen LogP contribution in [0.3, 0.4) is 0 Å². The quantitative estimate of drug-likeness (QED) is 0.748. The van der Waals surface area contributed by atoms with Crippen LogP contribution in [-0.4, -0.2) is 5.78 Å². The van der Waals surface area contributed by atoms with E-state index in [0.717, 1.165) is 11.3 Å². The standard InChI is InChI=1S/C12H7ClF2OS/c1-6-4-7(10(15)5-9(6)14)11(16)12-8(13)2-3-17-12/h2-5H,1H3. The van der Waals surface area contributed by atoms with Gasteiger partial charge in [-0.1, -0.05) is 11.6 Å². The smallest absolute Gasteiger partial charge is 0.207 e. The molecule has 0 amide bonds. The van der Waals surface area contributed by atoms with Crippen LogP contribution in [0, 0.1) is 18.6 Å². The van der Waals surface area contributed by atoms with E-state index in [9.17, 15) is 13.6 Å². The zero-order valence-electron chi connectivity index (χ0n) is 8.76. The zero-order chi connectivity index (χ0) is 12.6. The first-order chi connectivity index (χ1) is 8.00. The van der Waals surface area contributed by atoms with Gasteiger partial charge in [-0.05, 0) is 30.0 Å². The van der Waals surface area contributed by atoms with Gasteiger partial charge in [0.1, 0.15) is 11.6 Å². The number of rotatable bonds is 2. The van der Waals surface area contributed by atoms with Crippen molar-refractivity contribution in [3.05, 3.63) is 56.2 Å². The molecule has 0 atom stereocenters. The minimum absolute atomic E-state index is 0.159. The molecule has 0 aliphatic carbocycles. The van der Waals surface area contributed by atoms with Crippen molar-refractivity contribution in [3.63, 3.8) is 0 Å². The van der Waals surface area contributed by atoms with E-state index in [1.165, 1.54) is 13.0 Å². The molecule has 88 valence electrons.